The number of carboxylic acid groups (broad SMARTS) is 1. The van der Waals surface area contributed by atoms with E-state index in [9.17, 15) is 14.7 Å². The van der Waals surface area contributed by atoms with E-state index in [-0.39, 0.29) is 34.3 Å². The van der Waals surface area contributed by atoms with Crippen LogP contribution in [0.2, 0.25) is 0 Å². The summed E-state index contributed by atoms with van der Waals surface area (Å²) >= 11 is 1.15. The maximum atomic E-state index is 14.1. The summed E-state index contributed by atoms with van der Waals surface area (Å²) in [5.74, 6) is 6.35. The van der Waals surface area contributed by atoms with Crippen molar-refractivity contribution in [2.24, 2.45) is 17.3 Å². The highest BCUT2D eigenvalue weighted by Crippen LogP contribution is 2.39. The number of nitrogens with zero attached hydrogens (tertiary/aromatic N) is 3. The maximum absolute atomic E-state index is 14.1. The summed E-state index contributed by atoms with van der Waals surface area (Å²) < 4.78 is 6.07. The lowest BCUT2D eigenvalue weighted by molar-refractivity contribution is -0.124. The second-order valence-electron chi connectivity index (χ2n) is 11.8. The predicted octanol–water partition coefficient (Wildman–Crippen LogP) is 6.66. The summed E-state index contributed by atoms with van der Waals surface area (Å²) in [6, 6.07) is 7.14. The standard InChI is InChI=1S/C31H37N3O4S/c1-20-5-8-22(9-6-20)29(35)34(26-17-25(15-16-31(2,3)4)39-28(26)30(36)37)23-10-12-24(13-11-23)38-27-14-7-21(18-32)19-33-27/h7,14,17,19-20,22-24H,5-6,8-13H2,1-4H3,(H,36,37). The van der Waals surface area contributed by atoms with Gasteiger partial charge >= 0.3 is 5.97 Å². The van der Waals surface area contributed by atoms with E-state index in [1.54, 1.807) is 23.1 Å². The molecule has 2 saturated carbocycles. The number of aromatic carboxylic acids is 1. The first-order valence-electron chi connectivity index (χ1n) is 13.8. The number of hydrogen-bond donors (Lipinski definition) is 1. The normalized spacial score (nSPS) is 23.2. The topological polar surface area (TPSA) is 104 Å². The van der Waals surface area contributed by atoms with E-state index in [0.717, 1.165) is 49.9 Å². The number of carbonyl (C=O) groups excluding carboxylic acids is 1. The molecule has 4 rings (SSSR count). The largest absolute Gasteiger partial charge is 0.477 e. The third kappa shape index (κ3) is 7.40. The molecule has 1 amide bonds. The SMILES string of the molecule is CC1CCC(C(=O)N(c2cc(C#CC(C)(C)C)sc2C(=O)O)C2CCC(Oc3ccc(C#N)cn3)CC2)CC1. The molecule has 0 spiro atoms. The lowest BCUT2D eigenvalue weighted by Crippen LogP contribution is -2.47. The zero-order chi connectivity index (χ0) is 28.2. The summed E-state index contributed by atoms with van der Waals surface area (Å²) in [5.41, 5.74) is 0.741. The van der Waals surface area contributed by atoms with Crippen LogP contribution >= 0.6 is 11.3 Å². The van der Waals surface area contributed by atoms with E-state index < -0.39 is 5.97 Å². The average molecular weight is 548 g/mol. The Morgan fingerprint density at radius 3 is 2.36 bits per heavy atom. The number of rotatable bonds is 6. The first-order valence-corrected chi connectivity index (χ1v) is 14.6. The van der Waals surface area contributed by atoms with Crippen LogP contribution in [0.1, 0.15) is 99.2 Å². The molecule has 0 bridgehead atoms. The van der Waals surface area contributed by atoms with Crippen LogP contribution in [0.5, 0.6) is 5.88 Å². The average Bonchev–Trinajstić information content (AvgIpc) is 3.33. The quantitative estimate of drug-likeness (QED) is 0.406. The van der Waals surface area contributed by atoms with Crippen LogP contribution in [0.3, 0.4) is 0 Å². The van der Waals surface area contributed by atoms with Crippen molar-refractivity contribution in [1.82, 2.24) is 4.98 Å². The molecule has 0 aliphatic heterocycles. The molecule has 7 nitrogen and oxygen atoms in total. The van der Waals surface area contributed by atoms with Crippen molar-refractivity contribution in [2.45, 2.75) is 91.2 Å². The van der Waals surface area contributed by atoms with E-state index in [2.05, 4.69) is 29.8 Å². The fourth-order valence-corrected chi connectivity index (χ4v) is 6.17. The first-order chi connectivity index (χ1) is 18.5. The molecule has 39 heavy (non-hydrogen) atoms. The molecule has 2 fully saturated rings. The van der Waals surface area contributed by atoms with Gasteiger partial charge in [0, 0.05) is 29.6 Å². The molecule has 8 heteroatoms. The van der Waals surface area contributed by atoms with E-state index >= 15 is 0 Å². The van der Waals surface area contributed by atoms with Crippen LogP contribution in [0.25, 0.3) is 0 Å². The minimum absolute atomic E-state index is 0.0376. The molecule has 0 radical (unpaired) electrons. The van der Waals surface area contributed by atoms with Crippen LogP contribution < -0.4 is 9.64 Å². The second-order valence-corrected chi connectivity index (χ2v) is 12.9. The lowest BCUT2D eigenvalue weighted by Gasteiger charge is -2.39. The van der Waals surface area contributed by atoms with Gasteiger partial charge in [-0.25, -0.2) is 9.78 Å². The van der Waals surface area contributed by atoms with Crippen LogP contribution in [0.15, 0.2) is 24.4 Å². The number of nitriles is 1. The minimum atomic E-state index is -1.03. The highest BCUT2D eigenvalue weighted by molar-refractivity contribution is 7.15. The summed E-state index contributed by atoms with van der Waals surface area (Å²) in [4.78, 5) is 33.3. The van der Waals surface area contributed by atoms with Crippen LogP contribution in [0, 0.1) is 40.4 Å². The van der Waals surface area contributed by atoms with Gasteiger partial charge in [0.25, 0.3) is 0 Å². The Morgan fingerprint density at radius 2 is 1.79 bits per heavy atom. The van der Waals surface area contributed by atoms with Crippen LogP contribution in [-0.4, -0.2) is 34.1 Å². The molecule has 206 valence electrons. The minimum Gasteiger partial charge on any atom is -0.477 e. The van der Waals surface area contributed by atoms with Crippen molar-refractivity contribution in [3.05, 3.63) is 39.7 Å². The number of carboxylic acids is 1. The van der Waals surface area contributed by atoms with Crippen molar-refractivity contribution in [1.29, 1.82) is 5.26 Å². The van der Waals surface area contributed by atoms with Gasteiger partial charge in [-0.1, -0.05) is 18.8 Å². The molecular formula is C31H37N3O4S. The number of anilines is 1. The number of aromatic nitrogens is 1. The molecular weight excluding hydrogens is 510 g/mol. The van der Waals surface area contributed by atoms with E-state index in [4.69, 9.17) is 10.00 Å². The van der Waals surface area contributed by atoms with Gasteiger partial charge in [0.2, 0.25) is 11.8 Å². The van der Waals surface area contributed by atoms with Crippen LogP contribution in [0.4, 0.5) is 5.69 Å². The van der Waals surface area contributed by atoms with Crippen molar-refractivity contribution in [3.63, 3.8) is 0 Å². The number of hydrogen-bond acceptors (Lipinski definition) is 6. The van der Waals surface area contributed by atoms with Crippen molar-refractivity contribution < 1.29 is 19.4 Å². The van der Waals surface area contributed by atoms with Gasteiger partial charge in [-0.05, 0) is 90.2 Å². The molecule has 1 N–H and O–H groups in total. The molecule has 2 heterocycles. The highest BCUT2D eigenvalue weighted by Gasteiger charge is 2.37. The molecule has 0 saturated heterocycles. The monoisotopic (exact) mass is 547 g/mol. The first kappa shape index (κ1) is 28.6. The maximum Gasteiger partial charge on any atom is 0.348 e. The van der Waals surface area contributed by atoms with E-state index in [0.29, 0.717) is 40.8 Å². The third-order valence-corrected chi connectivity index (χ3v) is 8.52. The predicted molar refractivity (Wildman–Crippen MR) is 152 cm³/mol. The number of amides is 1. The fourth-order valence-electron chi connectivity index (χ4n) is 5.33. The van der Waals surface area contributed by atoms with Gasteiger partial charge in [-0.3, -0.25) is 4.79 Å². The Kier molecular flexibility index (Phi) is 8.97. The van der Waals surface area contributed by atoms with Crippen molar-refractivity contribution in [3.8, 4) is 23.8 Å². The summed E-state index contributed by atoms with van der Waals surface area (Å²) in [6.45, 7) is 8.27. The Labute approximate surface area is 235 Å². The summed E-state index contributed by atoms with van der Waals surface area (Å²) in [5, 5.41) is 19.1. The van der Waals surface area contributed by atoms with E-state index in [1.807, 2.05) is 20.8 Å². The molecule has 2 aliphatic rings. The Morgan fingerprint density at radius 1 is 1.10 bits per heavy atom. The second kappa shape index (κ2) is 12.2. The van der Waals surface area contributed by atoms with E-state index in [1.165, 1.54) is 6.20 Å². The zero-order valence-electron chi connectivity index (χ0n) is 23.2. The zero-order valence-corrected chi connectivity index (χ0v) is 24.0. The lowest BCUT2D eigenvalue weighted by atomic mass is 9.81. The molecule has 0 aromatic carbocycles. The molecule has 2 aliphatic carbocycles. The third-order valence-electron chi connectivity index (χ3n) is 7.49. The Hall–Kier alpha value is -3.36. The van der Waals surface area contributed by atoms with Crippen LogP contribution in [-0.2, 0) is 4.79 Å². The summed E-state index contributed by atoms with van der Waals surface area (Å²) in [6.07, 6.45) is 8.00. The van der Waals surface area contributed by atoms with Crippen molar-refractivity contribution >= 4 is 28.9 Å². The number of ether oxygens (including phenoxy) is 1. The molecule has 2 aromatic heterocycles. The van der Waals surface area contributed by atoms with Crippen molar-refractivity contribution in [2.75, 3.05) is 4.90 Å². The summed E-state index contributed by atoms with van der Waals surface area (Å²) in [7, 11) is 0. The Bertz CT molecular complexity index is 1280. The Balaban J connectivity index is 1.59. The van der Waals surface area contributed by atoms with Gasteiger partial charge in [0.1, 0.15) is 17.1 Å². The number of carbonyl (C=O) groups is 2. The highest BCUT2D eigenvalue weighted by atomic mass is 32.1. The number of thiophene rings is 1. The van der Waals surface area contributed by atoms with Gasteiger partial charge in [-0.15, -0.1) is 11.3 Å². The molecule has 0 atom stereocenters. The fraction of sp³-hybridized carbons (Fsp3) is 0.548. The van der Waals surface area contributed by atoms with Gasteiger partial charge in [-0.2, -0.15) is 5.26 Å². The molecule has 0 unspecified atom stereocenters. The smallest absolute Gasteiger partial charge is 0.348 e. The van der Waals surface area contributed by atoms with Gasteiger partial charge < -0.3 is 14.7 Å². The van der Waals surface area contributed by atoms with Gasteiger partial charge in [0.15, 0.2) is 0 Å². The van der Waals surface area contributed by atoms with Gasteiger partial charge in [0.05, 0.1) is 16.1 Å². The number of pyridine rings is 1. The molecule has 2 aromatic rings.